The van der Waals surface area contributed by atoms with Gasteiger partial charge in [-0.1, -0.05) is 26.2 Å². The normalized spacial score (nSPS) is 32.1. The molecule has 2 fully saturated rings. The van der Waals surface area contributed by atoms with E-state index in [1.807, 2.05) is 0 Å². The smallest absolute Gasteiger partial charge is 0.0715 e. The van der Waals surface area contributed by atoms with E-state index >= 15 is 0 Å². The number of nitrogens with zero attached hydrogens (tertiary/aromatic N) is 2. The van der Waals surface area contributed by atoms with Crippen molar-refractivity contribution in [2.45, 2.75) is 64.1 Å². The van der Waals surface area contributed by atoms with Crippen LogP contribution in [0.4, 0.5) is 0 Å². The molecule has 3 unspecified atom stereocenters. The molecule has 2 aliphatic rings. The summed E-state index contributed by atoms with van der Waals surface area (Å²) in [7, 11) is 0. The fourth-order valence-electron chi connectivity index (χ4n) is 3.47. The van der Waals surface area contributed by atoms with E-state index in [4.69, 9.17) is 6.42 Å². The second-order valence-corrected chi connectivity index (χ2v) is 5.52. The number of piperazine rings is 1. The fourth-order valence-corrected chi connectivity index (χ4v) is 3.47. The van der Waals surface area contributed by atoms with Crippen LogP contribution < -0.4 is 0 Å². The van der Waals surface area contributed by atoms with Crippen molar-refractivity contribution < 1.29 is 0 Å². The molecular weight excluding hydrogens is 208 g/mol. The Balaban J connectivity index is 2.05. The van der Waals surface area contributed by atoms with Gasteiger partial charge in [-0.05, 0) is 32.2 Å². The summed E-state index contributed by atoms with van der Waals surface area (Å²) in [5.74, 6) is 3.02. The minimum absolute atomic E-state index is 0.368. The van der Waals surface area contributed by atoms with E-state index in [1.165, 1.54) is 45.3 Å². The van der Waals surface area contributed by atoms with Crippen LogP contribution in [0.15, 0.2) is 0 Å². The van der Waals surface area contributed by atoms with Gasteiger partial charge in [-0.2, -0.15) is 0 Å². The van der Waals surface area contributed by atoms with Gasteiger partial charge < -0.3 is 0 Å². The zero-order valence-corrected chi connectivity index (χ0v) is 11.4. The third-order valence-electron chi connectivity index (χ3n) is 4.46. The SMILES string of the molecule is C#CC(CCC)N1CC2CCCN2CC1CC. The van der Waals surface area contributed by atoms with Gasteiger partial charge in [-0.3, -0.25) is 9.80 Å². The Kier molecular flexibility index (Phi) is 4.48. The Labute approximate surface area is 106 Å². The van der Waals surface area contributed by atoms with Gasteiger partial charge in [0.15, 0.2) is 0 Å². The number of hydrogen-bond acceptors (Lipinski definition) is 2. The van der Waals surface area contributed by atoms with Gasteiger partial charge in [0, 0.05) is 25.2 Å². The van der Waals surface area contributed by atoms with Crippen molar-refractivity contribution in [2.75, 3.05) is 19.6 Å². The monoisotopic (exact) mass is 234 g/mol. The van der Waals surface area contributed by atoms with Crippen molar-refractivity contribution in [3.63, 3.8) is 0 Å². The Morgan fingerprint density at radius 1 is 1.35 bits per heavy atom. The molecule has 0 N–H and O–H groups in total. The standard InChI is InChI=1S/C15H26N2/c1-4-8-13(5-2)17-12-15-9-7-10-16(15)11-14(17)6-3/h2,13-15H,4,6-12H2,1,3H3. The molecule has 0 aromatic heterocycles. The molecule has 3 atom stereocenters. The lowest BCUT2D eigenvalue weighted by atomic mass is 10.0. The Morgan fingerprint density at radius 2 is 2.18 bits per heavy atom. The number of fused-ring (bicyclic) bond motifs is 1. The summed E-state index contributed by atoms with van der Waals surface area (Å²) < 4.78 is 0. The molecule has 2 heterocycles. The molecule has 0 bridgehead atoms. The Morgan fingerprint density at radius 3 is 2.82 bits per heavy atom. The summed E-state index contributed by atoms with van der Waals surface area (Å²) in [5.41, 5.74) is 0. The van der Waals surface area contributed by atoms with E-state index in [0.717, 1.165) is 12.5 Å². The highest BCUT2D eigenvalue weighted by Crippen LogP contribution is 2.28. The van der Waals surface area contributed by atoms with Crippen LogP contribution in [0.3, 0.4) is 0 Å². The number of terminal acetylenes is 1. The lowest BCUT2D eigenvalue weighted by Gasteiger charge is -2.45. The Hall–Kier alpha value is -0.520. The van der Waals surface area contributed by atoms with Gasteiger partial charge in [0.1, 0.15) is 0 Å². The summed E-state index contributed by atoms with van der Waals surface area (Å²) in [6, 6.07) is 1.83. The Bertz CT molecular complexity index is 281. The average molecular weight is 234 g/mol. The molecule has 0 spiro atoms. The molecule has 2 nitrogen and oxygen atoms in total. The van der Waals surface area contributed by atoms with Gasteiger partial charge >= 0.3 is 0 Å². The second-order valence-electron chi connectivity index (χ2n) is 5.52. The van der Waals surface area contributed by atoms with Crippen LogP contribution in [0.25, 0.3) is 0 Å². The zero-order chi connectivity index (χ0) is 12.3. The second kappa shape index (κ2) is 5.89. The molecule has 2 saturated heterocycles. The summed E-state index contributed by atoms with van der Waals surface area (Å²) >= 11 is 0. The zero-order valence-electron chi connectivity index (χ0n) is 11.4. The molecule has 2 heteroatoms. The maximum absolute atomic E-state index is 5.74. The van der Waals surface area contributed by atoms with Crippen LogP contribution in [0, 0.1) is 12.3 Å². The number of rotatable bonds is 4. The van der Waals surface area contributed by atoms with Gasteiger partial charge in [0.05, 0.1) is 6.04 Å². The van der Waals surface area contributed by atoms with Crippen molar-refractivity contribution in [1.82, 2.24) is 9.80 Å². The topological polar surface area (TPSA) is 6.48 Å². The lowest BCUT2D eigenvalue weighted by molar-refractivity contribution is 0.0313. The van der Waals surface area contributed by atoms with Crippen molar-refractivity contribution >= 4 is 0 Å². The summed E-state index contributed by atoms with van der Waals surface area (Å²) in [4.78, 5) is 5.31. The van der Waals surface area contributed by atoms with Crippen LogP contribution in [0.2, 0.25) is 0 Å². The molecule has 0 aromatic rings. The van der Waals surface area contributed by atoms with E-state index in [9.17, 15) is 0 Å². The van der Waals surface area contributed by atoms with Gasteiger partial charge in [0.25, 0.3) is 0 Å². The van der Waals surface area contributed by atoms with Crippen molar-refractivity contribution in [3.05, 3.63) is 0 Å². The highest BCUT2D eigenvalue weighted by Gasteiger charge is 2.37. The summed E-state index contributed by atoms with van der Waals surface area (Å²) in [6.07, 6.45) is 12.1. The fraction of sp³-hybridized carbons (Fsp3) is 0.867. The largest absolute Gasteiger partial charge is 0.298 e. The molecule has 17 heavy (non-hydrogen) atoms. The molecule has 0 amide bonds. The van der Waals surface area contributed by atoms with Crippen molar-refractivity contribution in [3.8, 4) is 12.3 Å². The maximum Gasteiger partial charge on any atom is 0.0715 e. The van der Waals surface area contributed by atoms with Gasteiger partial charge in [-0.15, -0.1) is 6.42 Å². The predicted octanol–water partition coefficient (Wildman–Crippen LogP) is 2.35. The minimum atomic E-state index is 0.368. The predicted molar refractivity (Wildman–Crippen MR) is 72.9 cm³/mol. The molecule has 96 valence electrons. The van der Waals surface area contributed by atoms with E-state index in [-0.39, 0.29) is 0 Å². The maximum atomic E-state index is 5.74. The van der Waals surface area contributed by atoms with E-state index in [0.29, 0.717) is 12.1 Å². The van der Waals surface area contributed by atoms with Gasteiger partial charge in [-0.25, -0.2) is 0 Å². The minimum Gasteiger partial charge on any atom is -0.298 e. The highest BCUT2D eigenvalue weighted by molar-refractivity contribution is 5.04. The van der Waals surface area contributed by atoms with Crippen LogP contribution in [0.1, 0.15) is 46.0 Å². The van der Waals surface area contributed by atoms with Crippen LogP contribution in [-0.2, 0) is 0 Å². The quantitative estimate of drug-likeness (QED) is 0.689. The molecule has 0 radical (unpaired) electrons. The molecule has 2 aliphatic heterocycles. The van der Waals surface area contributed by atoms with E-state index in [1.54, 1.807) is 0 Å². The highest BCUT2D eigenvalue weighted by atomic mass is 15.3. The number of hydrogen-bond donors (Lipinski definition) is 0. The van der Waals surface area contributed by atoms with Crippen LogP contribution in [0.5, 0.6) is 0 Å². The first kappa shape index (κ1) is 12.9. The summed E-state index contributed by atoms with van der Waals surface area (Å²) in [6.45, 7) is 8.28. The third kappa shape index (κ3) is 2.67. The van der Waals surface area contributed by atoms with E-state index < -0.39 is 0 Å². The molecule has 0 saturated carbocycles. The first-order valence-electron chi connectivity index (χ1n) is 7.26. The first-order chi connectivity index (χ1) is 8.30. The molecule has 0 aliphatic carbocycles. The first-order valence-corrected chi connectivity index (χ1v) is 7.26. The molecule has 0 aromatic carbocycles. The molecular formula is C15H26N2. The van der Waals surface area contributed by atoms with E-state index in [2.05, 4.69) is 29.6 Å². The lowest BCUT2D eigenvalue weighted by Crippen LogP contribution is -2.58. The van der Waals surface area contributed by atoms with Gasteiger partial charge in [0.2, 0.25) is 0 Å². The summed E-state index contributed by atoms with van der Waals surface area (Å²) in [5, 5.41) is 0. The van der Waals surface area contributed by atoms with Crippen molar-refractivity contribution in [2.24, 2.45) is 0 Å². The molecule has 2 rings (SSSR count). The van der Waals surface area contributed by atoms with Crippen LogP contribution in [-0.4, -0.2) is 47.6 Å². The third-order valence-corrected chi connectivity index (χ3v) is 4.46. The van der Waals surface area contributed by atoms with Crippen LogP contribution >= 0.6 is 0 Å². The van der Waals surface area contributed by atoms with Crippen molar-refractivity contribution in [1.29, 1.82) is 0 Å². The average Bonchev–Trinajstić information content (AvgIpc) is 2.81.